The van der Waals surface area contributed by atoms with Crippen molar-refractivity contribution >= 4 is 11.7 Å². The summed E-state index contributed by atoms with van der Waals surface area (Å²) in [4.78, 5) is 14.2. The lowest BCUT2D eigenvalue weighted by molar-refractivity contribution is -0.0716. The third-order valence-corrected chi connectivity index (χ3v) is 5.15. The largest absolute Gasteiger partial charge is 0.494 e. The number of urea groups is 1. The summed E-state index contributed by atoms with van der Waals surface area (Å²) in [6.07, 6.45) is 4.06. The van der Waals surface area contributed by atoms with E-state index in [1.54, 1.807) is 11.9 Å². The van der Waals surface area contributed by atoms with Crippen LogP contribution in [-0.4, -0.2) is 30.4 Å². The molecule has 0 atom stereocenters. The van der Waals surface area contributed by atoms with Crippen LogP contribution in [0, 0.1) is 0 Å². The number of benzene rings is 2. The standard InChI is InChI=1S/C22H26N2O4/c1-3-26-18-9-6-16(7-10-18)15-24(2)21(25)23-17-8-11-19-20(14-17)28-22(27-19)12-4-5-13-22/h6-11,14H,3-5,12-13,15H2,1-2H3,(H,23,25). The molecule has 0 bridgehead atoms. The second-order valence-corrected chi connectivity index (χ2v) is 7.35. The molecule has 28 heavy (non-hydrogen) atoms. The van der Waals surface area contributed by atoms with Crippen molar-refractivity contribution in [3.8, 4) is 17.2 Å². The Balaban J connectivity index is 1.36. The van der Waals surface area contributed by atoms with Gasteiger partial charge in [-0.3, -0.25) is 0 Å². The Morgan fingerprint density at radius 1 is 1.11 bits per heavy atom. The molecule has 0 saturated heterocycles. The summed E-state index contributed by atoms with van der Waals surface area (Å²) in [6.45, 7) is 3.10. The summed E-state index contributed by atoms with van der Waals surface area (Å²) < 4.78 is 17.5. The van der Waals surface area contributed by atoms with E-state index in [1.807, 2.05) is 49.4 Å². The fourth-order valence-electron chi connectivity index (χ4n) is 3.71. The SMILES string of the molecule is CCOc1ccc(CN(C)C(=O)Nc2ccc3c(c2)OC2(CCCC2)O3)cc1. The highest BCUT2D eigenvalue weighted by atomic mass is 16.7. The van der Waals surface area contributed by atoms with Crippen LogP contribution in [-0.2, 0) is 6.54 Å². The highest BCUT2D eigenvalue weighted by molar-refractivity contribution is 5.89. The third-order valence-electron chi connectivity index (χ3n) is 5.15. The monoisotopic (exact) mass is 382 g/mol. The molecule has 6 heteroatoms. The Morgan fingerprint density at radius 2 is 1.82 bits per heavy atom. The van der Waals surface area contributed by atoms with Gasteiger partial charge in [-0.2, -0.15) is 0 Å². The lowest BCUT2D eigenvalue weighted by Crippen LogP contribution is -2.34. The first-order chi connectivity index (χ1) is 13.6. The van der Waals surface area contributed by atoms with Crippen molar-refractivity contribution < 1.29 is 19.0 Å². The van der Waals surface area contributed by atoms with E-state index < -0.39 is 5.79 Å². The van der Waals surface area contributed by atoms with E-state index in [4.69, 9.17) is 14.2 Å². The van der Waals surface area contributed by atoms with Crippen molar-refractivity contribution in [3.63, 3.8) is 0 Å². The summed E-state index contributed by atoms with van der Waals surface area (Å²) in [6, 6.07) is 13.1. The maximum atomic E-state index is 12.6. The number of carbonyl (C=O) groups is 1. The van der Waals surface area contributed by atoms with Gasteiger partial charge < -0.3 is 24.4 Å². The van der Waals surface area contributed by atoms with E-state index >= 15 is 0 Å². The van der Waals surface area contributed by atoms with Crippen LogP contribution in [0.25, 0.3) is 0 Å². The number of amides is 2. The van der Waals surface area contributed by atoms with Gasteiger partial charge in [0, 0.05) is 38.2 Å². The van der Waals surface area contributed by atoms with Crippen LogP contribution in [0.3, 0.4) is 0 Å². The number of hydrogen-bond acceptors (Lipinski definition) is 4. The summed E-state index contributed by atoms with van der Waals surface area (Å²) >= 11 is 0. The maximum Gasteiger partial charge on any atom is 0.321 e. The average Bonchev–Trinajstić information content (AvgIpc) is 3.29. The first-order valence-electron chi connectivity index (χ1n) is 9.83. The molecule has 2 amide bonds. The normalized spacial score (nSPS) is 16.2. The fourth-order valence-corrected chi connectivity index (χ4v) is 3.71. The van der Waals surface area contributed by atoms with Crippen molar-refractivity contribution in [2.24, 2.45) is 0 Å². The Morgan fingerprint density at radius 3 is 2.54 bits per heavy atom. The second-order valence-electron chi connectivity index (χ2n) is 7.35. The lowest BCUT2D eigenvalue weighted by atomic mass is 10.2. The topological polar surface area (TPSA) is 60.0 Å². The molecule has 148 valence electrons. The van der Waals surface area contributed by atoms with Crippen LogP contribution in [0.15, 0.2) is 42.5 Å². The minimum atomic E-state index is -0.491. The van der Waals surface area contributed by atoms with Gasteiger partial charge in [0.25, 0.3) is 5.79 Å². The van der Waals surface area contributed by atoms with Gasteiger partial charge in [-0.15, -0.1) is 0 Å². The van der Waals surface area contributed by atoms with E-state index in [-0.39, 0.29) is 6.03 Å². The highest BCUT2D eigenvalue weighted by Gasteiger charge is 2.44. The molecule has 6 nitrogen and oxygen atoms in total. The van der Waals surface area contributed by atoms with Gasteiger partial charge in [-0.05, 0) is 49.6 Å². The number of rotatable bonds is 5. The second kappa shape index (κ2) is 7.62. The van der Waals surface area contributed by atoms with Crippen molar-refractivity contribution in [1.29, 1.82) is 0 Å². The fraction of sp³-hybridized carbons (Fsp3) is 0.409. The Hall–Kier alpha value is -2.89. The highest BCUT2D eigenvalue weighted by Crippen LogP contribution is 2.47. The lowest BCUT2D eigenvalue weighted by Gasteiger charge is -2.21. The molecule has 4 rings (SSSR count). The quantitative estimate of drug-likeness (QED) is 0.808. The molecule has 1 saturated carbocycles. The van der Waals surface area contributed by atoms with Gasteiger partial charge in [0.15, 0.2) is 11.5 Å². The van der Waals surface area contributed by atoms with E-state index in [0.29, 0.717) is 24.6 Å². The number of nitrogens with one attached hydrogen (secondary N) is 1. The Kier molecular flexibility index (Phi) is 5.03. The number of carbonyl (C=O) groups excluding carboxylic acids is 1. The van der Waals surface area contributed by atoms with Gasteiger partial charge in [-0.1, -0.05) is 12.1 Å². The number of ether oxygens (including phenoxy) is 3. The molecule has 2 aromatic carbocycles. The number of anilines is 1. The molecule has 2 aromatic rings. The van der Waals surface area contributed by atoms with Crippen molar-refractivity contribution in [3.05, 3.63) is 48.0 Å². The molecule has 1 fully saturated rings. The van der Waals surface area contributed by atoms with E-state index in [9.17, 15) is 4.79 Å². The van der Waals surface area contributed by atoms with Crippen LogP contribution < -0.4 is 19.5 Å². The first kappa shape index (κ1) is 18.5. The summed E-state index contributed by atoms with van der Waals surface area (Å²) in [5, 5.41) is 2.93. The molecule has 1 aliphatic heterocycles. The van der Waals surface area contributed by atoms with Crippen LogP contribution >= 0.6 is 0 Å². The smallest absolute Gasteiger partial charge is 0.321 e. The van der Waals surface area contributed by atoms with Gasteiger partial charge >= 0.3 is 6.03 Å². The van der Waals surface area contributed by atoms with E-state index in [1.165, 1.54) is 0 Å². The summed E-state index contributed by atoms with van der Waals surface area (Å²) in [5.74, 6) is 1.80. The maximum absolute atomic E-state index is 12.6. The van der Waals surface area contributed by atoms with E-state index in [0.717, 1.165) is 42.7 Å². The van der Waals surface area contributed by atoms with Crippen LogP contribution in [0.4, 0.5) is 10.5 Å². The Labute approximate surface area is 165 Å². The summed E-state index contributed by atoms with van der Waals surface area (Å²) in [7, 11) is 1.77. The van der Waals surface area contributed by atoms with Crippen molar-refractivity contribution in [2.75, 3.05) is 19.0 Å². The van der Waals surface area contributed by atoms with Crippen LogP contribution in [0.2, 0.25) is 0 Å². The zero-order chi connectivity index (χ0) is 19.6. The van der Waals surface area contributed by atoms with Gasteiger partial charge in [0.1, 0.15) is 5.75 Å². The molecule has 0 aromatic heterocycles. The Bertz CT molecular complexity index is 844. The molecule has 0 unspecified atom stereocenters. The van der Waals surface area contributed by atoms with Gasteiger partial charge in [0.05, 0.1) is 6.61 Å². The van der Waals surface area contributed by atoms with E-state index in [2.05, 4.69) is 5.32 Å². The van der Waals surface area contributed by atoms with Crippen LogP contribution in [0.5, 0.6) is 17.2 Å². The molecular formula is C22H26N2O4. The molecule has 0 radical (unpaired) electrons. The number of nitrogens with zero attached hydrogens (tertiary/aromatic N) is 1. The van der Waals surface area contributed by atoms with Crippen LogP contribution in [0.1, 0.15) is 38.2 Å². The molecule has 1 N–H and O–H groups in total. The minimum Gasteiger partial charge on any atom is -0.494 e. The van der Waals surface area contributed by atoms with Gasteiger partial charge in [0.2, 0.25) is 0 Å². The first-order valence-corrected chi connectivity index (χ1v) is 9.83. The van der Waals surface area contributed by atoms with Crippen molar-refractivity contribution in [2.45, 2.75) is 44.9 Å². The molecule has 1 spiro atoms. The molecule has 1 aliphatic carbocycles. The number of hydrogen-bond donors (Lipinski definition) is 1. The number of fused-ring (bicyclic) bond motifs is 1. The zero-order valence-corrected chi connectivity index (χ0v) is 16.4. The third kappa shape index (κ3) is 3.86. The summed E-state index contributed by atoms with van der Waals surface area (Å²) in [5.41, 5.74) is 1.73. The average molecular weight is 382 g/mol. The molecular weight excluding hydrogens is 356 g/mol. The predicted octanol–water partition coefficient (Wildman–Crippen LogP) is 4.79. The van der Waals surface area contributed by atoms with Crippen molar-refractivity contribution in [1.82, 2.24) is 4.90 Å². The molecule has 2 aliphatic rings. The zero-order valence-electron chi connectivity index (χ0n) is 16.4. The minimum absolute atomic E-state index is 0.177. The molecule has 1 heterocycles. The predicted molar refractivity (Wildman–Crippen MR) is 107 cm³/mol. The van der Waals surface area contributed by atoms with Gasteiger partial charge in [-0.25, -0.2) is 4.79 Å².